The number of methoxy groups -OCH3 is 1. The molecule has 1 aliphatic carbocycles. The monoisotopic (exact) mass is 474 g/mol. The van der Waals surface area contributed by atoms with Gasteiger partial charge in [-0.15, -0.1) is 0 Å². The Labute approximate surface area is 201 Å². The molecule has 7 heteroatoms. The Morgan fingerprint density at radius 2 is 1.77 bits per heavy atom. The average molecular weight is 475 g/mol. The van der Waals surface area contributed by atoms with Crippen molar-refractivity contribution in [2.45, 2.75) is 31.8 Å². The van der Waals surface area contributed by atoms with Crippen LogP contribution in [-0.2, 0) is 0 Å². The predicted octanol–water partition coefficient (Wildman–Crippen LogP) is 6.14. The molecule has 0 unspecified atom stereocenters. The third kappa shape index (κ3) is 4.67. The second-order valence-electron chi connectivity index (χ2n) is 8.50. The first-order valence-electron chi connectivity index (χ1n) is 11.5. The van der Waals surface area contributed by atoms with Crippen LogP contribution in [0.2, 0.25) is 0 Å². The smallest absolute Gasteiger partial charge is 0.266 e. The van der Waals surface area contributed by atoms with E-state index in [-0.39, 0.29) is 17.2 Å². The molecule has 0 spiro atoms. The summed E-state index contributed by atoms with van der Waals surface area (Å²) in [6, 6.07) is 13.8. The summed E-state index contributed by atoms with van der Waals surface area (Å²) in [7, 11) is 1.59. The number of rotatable bonds is 6. The van der Waals surface area contributed by atoms with Gasteiger partial charge in [-0.3, -0.25) is 9.20 Å². The SMILES string of the molecule is COc1cccc(/C=C/c2nc3ccccn3c(=O)c2-c2cc(F)cc(F)c2)c1OC1CCCC1. The summed E-state index contributed by atoms with van der Waals surface area (Å²) in [5, 5.41) is 0. The first kappa shape index (κ1) is 22.8. The van der Waals surface area contributed by atoms with Crippen molar-refractivity contribution < 1.29 is 18.3 Å². The van der Waals surface area contributed by atoms with Crippen LogP contribution in [0.4, 0.5) is 8.78 Å². The summed E-state index contributed by atoms with van der Waals surface area (Å²) in [5.74, 6) is -0.313. The van der Waals surface area contributed by atoms with Gasteiger partial charge in [0.05, 0.1) is 24.5 Å². The molecule has 1 aliphatic rings. The van der Waals surface area contributed by atoms with Gasteiger partial charge in [0, 0.05) is 17.8 Å². The maximum Gasteiger partial charge on any atom is 0.266 e. The topological polar surface area (TPSA) is 52.8 Å². The van der Waals surface area contributed by atoms with Gasteiger partial charge in [-0.05, 0) is 73.7 Å². The highest BCUT2D eigenvalue weighted by atomic mass is 19.1. The highest BCUT2D eigenvalue weighted by Gasteiger charge is 2.20. The number of nitrogens with zero attached hydrogens (tertiary/aromatic N) is 2. The molecule has 0 radical (unpaired) electrons. The summed E-state index contributed by atoms with van der Waals surface area (Å²) in [6.07, 6.45) is 9.38. The molecule has 5 nitrogen and oxygen atoms in total. The first-order valence-corrected chi connectivity index (χ1v) is 11.5. The molecule has 1 fully saturated rings. The fourth-order valence-electron chi connectivity index (χ4n) is 4.49. The second kappa shape index (κ2) is 9.70. The lowest BCUT2D eigenvalue weighted by molar-refractivity contribution is 0.200. The molecular formula is C28H24F2N2O3. The fourth-order valence-corrected chi connectivity index (χ4v) is 4.49. The van der Waals surface area contributed by atoms with Crippen LogP contribution in [0, 0.1) is 11.6 Å². The maximum absolute atomic E-state index is 14.1. The molecule has 35 heavy (non-hydrogen) atoms. The minimum absolute atomic E-state index is 0.101. The van der Waals surface area contributed by atoms with E-state index in [2.05, 4.69) is 4.98 Å². The molecule has 0 amide bonds. The fraction of sp³-hybridized carbons (Fsp3) is 0.214. The highest BCUT2D eigenvalue weighted by molar-refractivity contribution is 5.81. The molecule has 0 bridgehead atoms. The molecule has 0 N–H and O–H groups in total. The zero-order chi connectivity index (χ0) is 24.4. The number of benzene rings is 2. The van der Waals surface area contributed by atoms with E-state index >= 15 is 0 Å². The van der Waals surface area contributed by atoms with Gasteiger partial charge >= 0.3 is 0 Å². The number of hydrogen-bond donors (Lipinski definition) is 0. The summed E-state index contributed by atoms with van der Waals surface area (Å²) in [4.78, 5) is 18.0. The van der Waals surface area contributed by atoms with Gasteiger partial charge < -0.3 is 9.47 Å². The number of aromatic nitrogens is 2. The molecule has 2 aromatic heterocycles. The molecule has 0 aliphatic heterocycles. The van der Waals surface area contributed by atoms with E-state index in [1.807, 2.05) is 18.2 Å². The largest absolute Gasteiger partial charge is 0.493 e. The van der Waals surface area contributed by atoms with Crippen LogP contribution in [0.1, 0.15) is 36.9 Å². The van der Waals surface area contributed by atoms with Crippen molar-refractivity contribution in [3.8, 4) is 22.6 Å². The number of ether oxygens (including phenoxy) is 2. The molecule has 2 heterocycles. The molecule has 0 atom stereocenters. The Kier molecular flexibility index (Phi) is 6.31. The predicted molar refractivity (Wildman–Crippen MR) is 132 cm³/mol. The van der Waals surface area contributed by atoms with Gasteiger partial charge in [-0.1, -0.05) is 18.2 Å². The van der Waals surface area contributed by atoms with E-state index in [0.29, 0.717) is 22.8 Å². The molecular weight excluding hydrogens is 450 g/mol. The second-order valence-corrected chi connectivity index (χ2v) is 8.50. The molecule has 1 saturated carbocycles. The van der Waals surface area contributed by atoms with Crippen LogP contribution >= 0.6 is 0 Å². The average Bonchev–Trinajstić information content (AvgIpc) is 3.36. The van der Waals surface area contributed by atoms with Crippen molar-refractivity contribution in [3.63, 3.8) is 0 Å². The standard InChI is InChI=1S/C28H24F2N2O3/c1-34-24-10-6-7-18(27(24)35-22-8-2-3-9-22)12-13-23-26(19-15-20(29)17-21(30)16-19)28(33)32-14-5-4-11-25(32)31-23/h4-7,10-17,22H,2-3,8-9H2,1H3/b13-12+. The third-order valence-electron chi connectivity index (χ3n) is 6.15. The number of halogens is 2. The van der Waals surface area contributed by atoms with Crippen molar-refractivity contribution in [1.82, 2.24) is 9.38 Å². The van der Waals surface area contributed by atoms with Crippen LogP contribution in [0.15, 0.2) is 65.6 Å². The van der Waals surface area contributed by atoms with Gasteiger partial charge in [-0.2, -0.15) is 0 Å². The summed E-state index contributed by atoms with van der Waals surface area (Å²) in [6.45, 7) is 0. The Morgan fingerprint density at radius 3 is 2.51 bits per heavy atom. The third-order valence-corrected chi connectivity index (χ3v) is 6.15. The van der Waals surface area contributed by atoms with E-state index in [1.165, 1.54) is 4.40 Å². The van der Waals surface area contributed by atoms with E-state index in [4.69, 9.17) is 9.47 Å². The molecule has 2 aromatic carbocycles. The highest BCUT2D eigenvalue weighted by Crippen LogP contribution is 2.36. The Morgan fingerprint density at radius 1 is 1.00 bits per heavy atom. The van der Waals surface area contributed by atoms with Crippen LogP contribution in [-0.4, -0.2) is 22.6 Å². The number of hydrogen-bond acceptors (Lipinski definition) is 4. The van der Waals surface area contributed by atoms with Gasteiger partial charge in [0.25, 0.3) is 5.56 Å². The van der Waals surface area contributed by atoms with E-state index in [9.17, 15) is 13.6 Å². The van der Waals surface area contributed by atoms with Crippen molar-refractivity contribution in [2.75, 3.05) is 7.11 Å². The van der Waals surface area contributed by atoms with Gasteiger partial charge in [0.1, 0.15) is 17.3 Å². The van der Waals surface area contributed by atoms with Crippen LogP contribution < -0.4 is 15.0 Å². The lowest BCUT2D eigenvalue weighted by Gasteiger charge is -2.18. The Balaban J connectivity index is 1.65. The molecule has 178 valence electrons. The zero-order valence-electron chi connectivity index (χ0n) is 19.2. The van der Waals surface area contributed by atoms with Crippen molar-refractivity contribution in [1.29, 1.82) is 0 Å². The van der Waals surface area contributed by atoms with Crippen molar-refractivity contribution >= 4 is 17.8 Å². The van der Waals surface area contributed by atoms with Crippen LogP contribution in [0.25, 0.3) is 28.9 Å². The van der Waals surface area contributed by atoms with E-state index in [0.717, 1.165) is 49.4 Å². The summed E-state index contributed by atoms with van der Waals surface area (Å²) in [5.41, 5.74) is 1.26. The van der Waals surface area contributed by atoms with Gasteiger partial charge in [0.2, 0.25) is 0 Å². The maximum atomic E-state index is 14.1. The summed E-state index contributed by atoms with van der Waals surface area (Å²) >= 11 is 0. The zero-order valence-corrected chi connectivity index (χ0v) is 19.2. The minimum Gasteiger partial charge on any atom is -0.493 e. The molecule has 5 rings (SSSR count). The van der Waals surface area contributed by atoms with E-state index < -0.39 is 17.2 Å². The van der Waals surface area contributed by atoms with Crippen molar-refractivity contribution in [2.24, 2.45) is 0 Å². The number of para-hydroxylation sites is 1. The van der Waals surface area contributed by atoms with Crippen molar-refractivity contribution in [3.05, 3.63) is 94.0 Å². The number of fused-ring (bicyclic) bond motifs is 1. The van der Waals surface area contributed by atoms with Gasteiger partial charge in [0.15, 0.2) is 11.5 Å². The lowest BCUT2D eigenvalue weighted by atomic mass is 10.0. The normalized spacial score (nSPS) is 14.1. The Bertz CT molecular complexity index is 1450. The Hall–Kier alpha value is -4.00. The van der Waals surface area contributed by atoms with Crippen LogP contribution in [0.5, 0.6) is 11.5 Å². The van der Waals surface area contributed by atoms with Crippen LogP contribution in [0.3, 0.4) is 0 Å². The first-order chi connectivity index (χ1) is 17.0. The van der Waals surface area contributed by atoms with E-state index in [1.54, 1.807) is 43.7 Å². The van der Waals surface area contributed by atoms with Gasteiger partial charge in [-0.25, -0.2) is 13.8 Å². The molecule has 0 saturated heterocycles. The lowest BCUT2D eigenvalue weighted by Crippen LogP contribution is -2.18. The number of pyridine rings is 1. The quantitative estimate of drug-likeness (QED) is 0.337. The minimum atomic E-state index is -0.771. The summed E-state index contributed by atoms with van der Waals surface area (Å²) < 4.78 is 41.3. The molecule has 4 aromatic rings.